The maximum absolute atomic E-state index is 10.8. The molecule has 1 radical (unpaired) electrons. The molecule has 0 amide bonds. The Morgan fingerprint density at radius 1 is 1.50 bits per heavy atom. The van der Waals surface area contributed by atoms with Crippen molar-refractivity contribution in [2.75, 3.05) is 0 Å². The Kier molecular flexibility index (Phi) is 3.69. The average Bonchev–Trinajstić information content (AvgIpc) is 2.13. The van der Waals surface area contributed by atoms with Crippen molar-refractivity contribution in [2.24, 2.45) is 0 Å². The molecule has 0 heterocycles. The minimum atomic E-state index is 0. The molecular formula is C7H10CuO2. The molecule has 3 heteroatoms. The number of Topliss-reactive ketones (excluding diaryl/α,β-unsaturated/α-hetero) is 1. The van der Waals surface area contributed by atoms with Crippen molar-refractivity contribution in [1.29, 1.82) is 0 Å². The summed E-state index contributed by atoms with van der Waals surface area (Å²) in [7, 11) is 0. The van der Waals surface area contributed by atoms with Gasteiger partial charge in [0.15, 0.2) is 5.78 Å². The Hall–Kier alpha value is -0.271. The molecule has 0 aliphatic heterocycles. The van der Waals surface area contributed by atoms with Crippen molar-refractivity contribution in [3.63, 3.8) is 0 Å². The molecule has 0 aromatic heterocycles. The van der Waals surface area contributed by atoms with E-state index in [0.717, 1.165) is 12.8 Å². The van der Waals surface area contributed by atoms with Crippen LogP contribution in [0.3, 0.4) is 0 Å². The van der Waals surface area contributed by atoms with Crippen LogP contribution in [0.15, 0.2) is 11.3 Å². The van der Waals surface area contributed by atoms with E-state index in [4.69, 9.17) is 5.11 Å². The Balaban J connectivity index is 0.000000810. The molecule has 1 N–H and O–H groups in total. The van der Waals surface area contributed by atoms with Crippen LogP contribution in [0.4, 0.5) is 0 Å². The van der Waals surface area contributed by atoms with Crippen LogP contribution in [0.1, 0.15) is 26.2 Å². The van der Waals surface area contributed by atoms with Crippen molar-refractivity contribution < 1.29 is 27.0 Å². The van der Waals surface area contributed by atoms with Gasteiger partial charge in [0.05, 0.1) is 5.76 Å². The van der Waals surface area contributed by atoms with Gasteiger partial charge < -0.3 is 5.11 Å². The predicted octanol–water partition coefficient (Wildman–Crippen LogP) is 1.57. The van der Waals surface area contributed by atoms with E-state index in [-0.39, 0.29) is 28.6 Å². The van der Waals surface area contributed by atoms with E-state index < -0.39 is 0 Å². The van der Waals surface area contributed by atoms with Crippen LogP contribution in [-0.2, 0) is 21.9 Å². The molecule has 1 fully saturated rings. The molecule has 1 aliphatic rings. The topological polar surface area (TPSA) is 37.3 Å². The molecule has 0 unspecified atom stereocenters. The Labute approximate surface area is 70.8 Å². The van der Waals surface area contributed by atoms with Crippen molar-refractivity contribution in [1.82, 2.24) is 0 Å². The number of hydrogen-bond donors (Lipinski definition) is 1. The summed E-state index contributed by atoms with van der Waals surface area (Å²) in [4.78, 5) is 10.8. The zero-order chi connectivity index (χ0) is 6.85. The van der Waals surface area contributed by atoms with Crippen LogP contribution in [-0.4, -0.2) is 10.9 Å². The van der Waals surface area contributed by atoms with Gasteiger partial charge in [-0.15, -0.1) is 0 Å². The number of rotatable bonds is 0. The summed E-state index contributed by atoms with van der Waals surface area (Å²) in [6, 6.07) is 0. The second-order valence-corrected chi connectivity index (χ2v) is 2.34. The number of aliphatic hydroxyl groups excluding tert-OH is 1. The van der Waals surface area contributed by atoms with Crippen LogP contribution in [0.25, 0.3) is 0 Å². The molecule has 1 rings (SSSR count). The zero-order valence-corrected chi connectivity index (χ0v) is 6.72. The summed E-state index contributed by atoms with van der Waals surface area (Å²) in [6.45, 7) is 1.57. The van der Waals surface area contributed by atoms with Gasteiger partial charge in [-0.2, -0.15) is 0 Å². The third kappa shape index (κ3) is 1.86. The first-order valence-electron chi connectivity index (χ1n) is 3.13. The number of carbonyl (C=O) groups excluding carboxylic acids is 1. The summed E-state index contributed by atoms with van der Waals surface area (Å²) >= 11 is 0. The molecular weight excluding hydrogens is 180 g/mol. The van der Waals surface area contributed by atoms with E-state index >= 15 is 0 Å². The molecule has 1 saturated carbocycles. The molecule has 0 bridgehead atoms. The normalized spacial score (nSPS) is 22.3. The van der Waals surface area contributed by atoms with E-state index in [0.29, 0.717) is 12.0 Å². The van der Waals surface area contributed by atoms with Crippen molar-refractivity contribution in [3.05, 3.63) is 11.3 Å². The van der Waals surface area contributed by atoms with Crippen LogP contribution in [0, 0.1) is 0 Å². The van der Waals surface area contributed by atoms with Crippen LogP contribution < -0.4 is 0 Å². The van der Waals surface area contributed by atoms with Gasteiger partial charge in [0.2, 0.25) is 0 Å². The summed E-state index contributed by atoms with van der Waals surface area (Å²) in [6.07, 6.45) is 2.29. The summed E-state index contributed by atoms with van der Waals surface area (Å²) < 4.78 is 0. The van der Waals surface area contributed by atoms with E-state index in [1.54, 1.807) is 6.92 Å². The van der Waals surface area contributed by atoms with E-state index in [2.05, 4.69) is 0 Å². The second kappa shape index (κ2) is 3.79. The van der Waals surface area contributed by atoms with Crippen molar-refractivity contribution >= 4 is 5.78 Å². The fourth-order valence-corrected chi connectivity index (χ4v) is 1.10. The van der Waals surface area contributed by atoms with Crippen LogP contribution in [0.2, 0.25) is 0 Å². The second-order valence-electron chi connectivity index (χ2n) is 2.34. The third-order valence-corrected chi connectivity index (χ3v) is 1.60. The van der Waals surface area contributed by atoms with Crippen LogP contribution in [0.5, 0.6) is 0 Å². The molecule has 0 aromatic rings. The number of carbonyl (C=O) groups is 1. The molecule has 1 aliphatic carbocycles. The van der Waals surface area contributed by atoms with Crippen LogP contribution >= 0.6 is 0 Å². The number of aliphatic hydroxyl groups is 1. The monoisotopic (exact) mass is 189 g/mol. The van der Waals surface area contributed by atoms with Gasteiger partial charge in [-0.1, -0.05) is 0 Å². The first kappa shape index (κ1) is 9.73. The van der Waals surface area contributed by atoms with E-state index in [1.165, 1.54) is 0 Å². The predicted molar refractivity (Wildman–Crippen MR) is 34.2 cm³/mol. The van der Waals surface area contributed by atoms with Gasteiger partial charge in [0, 0.05) is 29.1 Å². The fraction of sp³-hybridized carbons (Fsp3) is 0.571. The summed E-state index contributed by atoms with van der Waals surface area (Å²) in [5.74, 6) is 0.326. The maximum atomic E-state index is 10.8. The Morgan fingerprint density at radius 3 is 2.30 bits per heavy atom. The standard InChI is InChI=1S/C7H10O2.Cu/c1-5(8)6-3-2-4-7(6)9;/h8H,2-4H2,1H3;. The molecule has 0 aromatic carbocycles. The molecule has 0 spiro atoms. The average molecular weight is 190 g/mol. The number of hydrogen-bond acceptors (Lipinski definition) is 2. The number of allylic oxidation sites excluding steroid dienone is 2. The molecule has 2 nitrogen and oxygen atoms in total. The van der Waals surface area contributed by atoms with Gasteiger partial charge in [-0.3, -0.25) is 4.79 Å². The maximum Gasteiger partial charge on any atom is 0.162 e. The third-order valence-electron chi connectivity index (χ3n) is 1.60. The van der Waals surface area contributed by atoms with Gasteiger partial charge in [0.25, 0.3) is 0 Å². The first-order valence-corrected chi connectivity index (χ1v) is 3.13. The van der Waals surface area contributed by atoms with E-state index in [9.17, 15) is 4.79 Å². The quantitative estimate of drug-likeness (QED) is 0.357. The summed E-state index contributed by atoms with van der Waals surface area (Å²) in [5, 5.41) is 8.88. The fourth-order valence-electron chi connectivity index (χ4n) is 1.10. The first-order chi connectivity index (χ1) is 4.22. The minimum absolute atomic E-state index is 0. The van der Waals surface area contributed by atoms with Gasteiger partial charge >= 0.3 is 0 Å². The molecule has 10 heavy (non-hydrogen) atoms. The molecule has 0 saturated heterocycles. The van der Waals surface area contributed by atoms with Gasteiger partial charge in [-0.05, 0) is 19.8 Å². The summed E-state index contributed by atoms with van der Waals surface area (Å²) in [5.41, 5.74) is 0.634. The Bertz CT molecular complexity index is 168. The molecule has 0 atom stereocenters. The smallest absolute Gasteiger partial charge is 0.162 e. The largest absolute Gasteiger partial charge is 0.512 e. The van der Waals surface area contributed by atoms with Gasteiger partial charge in [-0.25, -0.2) is 0 Å². The molecule has 61 valence electrons. The zero-order valence-electron chi connectivity index (χ0n) is 5.78. The van der Waals surface area contributed by atoms with Crippen molar-refractivity contribution in [3.8, 4) is 0 Å². The SMILES string of the molecule is CC(O)=C1CCCC1=O.[Cu]. The van der Waals surface area contributed by atoms with Crippen molar-refractivity contribution in [2.45, 2.75) is 26.2 Å². The minimum Gasteiger partial charge on any atom is -0.512 e. The van der Waals surface area contributed by atoms with E-state index in [1.807, 2.05) is 0 Å². The Morgan fingerprint density at radius 2 is 2.10 bits per heavy atom. The number of ketones is 1. The van der Waals surface area contributed by atoms with Gasteiger partial charge in [0.1, 0.15) is 0 Å².